The molecule has 0 unspecified atom stereocenters. The van der Waals surface area contributed by atoms with Gasteiger partial charge in [-0.05, 0) is 51.0 Å². The minimum Gasteiger partial charge on any atom is -0.473 e. The van der Waals surface area contributed by atoms with E-state index in [2.05, 4.69) is 15.5 Å². The van der Waals surface area contributed by atoms with Crippen LogP contribution in [0.5, 0.6) is 5.88 Å². The number of carbonyl (C=O) groups is 1. The molecule has 2 heterocycles. The first-order chi connectivity index (χ1) is 12.5. The van der Waals surface area contributed by atoms with Crippen LogP contribution in [0.4, 0.5) is 5.69 Å². The van der Waals surface area contributed by atoms with E-state index in [-0.39, 0.29) is 5.91 Å². The molecule has 0 atom stereocenters. The zero-order valence-electron chi connectivity index (χ0n) is 15.3. The van der Waals surface area contributed by atoms with E-state index in [0.29, 0.717) is 18.1 Å². The van der Waals surface area contributed by atoms with Crippen LogP contribution in [0.25, 0.3) is 0 Å². The lowest BCUT2D eigenvalue weighted by atomic mass is 10.1. The van der Waals surface area contributed by atoms with Crippen LogP contribution in [0, 0.1) is 27.7 Å². The van der Waals surface area contributed by atoms with E-state index in [4.69, 9.17) is 9.26 Å². The lowest BCUT2D eigenvalue weighted by Gasteiger charge is -2.10. The van der Waals surface area contributed by atoms with E-state index in [1.807, 2.05) is 45.9 Å². The summed E-state index contributed by atoms with van der Waals surface area (Å²) >= 11 is 0. The lowest BCUT2D eigenvalue weighted by Crippen LogP contribution is -2.13. The molecule has 0 fully saturated rings. The van der Waals surface area contributed by atoms with Crippen LogP contribution in [0.3, 0.4) is 0 Å². The number of amides is 1. The largest absolute Gasteiger partial charge is 0.473 e. The second kappa shape index (κ2) is 7.39. The van der Waals surface area contributed by atoms with E-state index in [9.17, 15) is 4.79 Å². The molecule has 0 radical (unpaired) electrons. The third kappa shape index (κ3) is 3.74. The molecule has 0 aliphatic carbocycles. The van der Waals surface area contributed by atoms with Crippen molar-refractivity contribution in [3.63, 3.8) is 0 Å². The summed E-state index contributed by atoms with van der Waals surface area (Å²) in [6.07, 6.45) is 1.50. The monoisotopic (exact) mass is 351 g/mol. The molecule has 134 valence electrons. The number of hydrogen-bond acceptors (Lipinski definition) is 5. The number of anilines is 1. The minimum atomic E-state index is -0.205. The third-order valence-corrected chi connectivity index (χ3v) is 4.40. The van der Waals surface area contributed by atoms with E-state index in [1.54, 1.807) is 12.1 Å². The normalized spacial score (nSPS) is 10.6. The fourth-order valence-electron chi connectivity index (χ4n) is 2.54. The van der Waals surface area contributed by atoms with Gasteiger partial charge >= 0.3 is 0 Å². The Kier molecular flexibility index (Phi) is 5.02. The van der Waals surface area contributed by atoms with E-state index >= 15 is 0 Å². The highest BCUT2D eigenvalue weighted by molar-refractivity contribution is 6.04. The molecule has 1 aromatic carbocycles. The van der Waals surface area contributed by atoms with E-state index < -0.39 is 0 Å². The highest BCUT2D eigenvalue weighted by Crippen LogP contribution is 2.20. The summed E-state index contributed by atoms with van der Waals surface area (Å²) in [7, 11) is 0. The molecule has 0 aliphatic heterocycles. The Morgan fingerprint density at radius 3 is 2.62 bits per heavy atom. The van der Waals surface area contributed by atoms with Crippen molar-refractivity contribution < 1.29 is 14.1 Å². The van der Waals surface area contributed by atoms with Crippen LogP contribution < -0.4 is 10.1 Å². The number of benzene rings is 1. The Bertz CT molecular complexity index is 910. The average Bonchev–Trinajstić information content (AvgIpc) is 2.95. The Morgan fingerprint density at radius 2 is 1.96 bits per heavy atom. The molecule has 26 heavy (non-hydrogen) atoms. The maximum Gasteiger partial charge on any atom is 0.257 e. The van der Waals surface area contributed by atoms with Gasteiger partial charge in [0.1, 0.15) is 12.4 Å². The Morgan fingerprint density at radius 1 is 1.15 bits per heavy atom. The van der Waals surface area contributed by atoms with Gasteiger partial charge in [-0.3, -0.25) is 4.79 Å². The van der Waals surface area contributed by atoms with Gasteiger partial charge in [0.2, 0.25) is 5.88 Å². The number of hydrogen-bond donors (Lipinski definition) is 1. The van der Waals surface area contributed by atoms with Gasteiger partial charge in [-0.1, -0.05) is 17.3 Å². The molecule has 0 saturated carbocycles. The number of aryl methyl sites for hydroxylation is 3. The summed E-state index contributed by atoms with van der Waals surface area (Å²) in [6.45, 7) is 8.02. The van der Waals surface area contributed by atoms with Gasteiger partial charge in [-0.15, -0.1) is 0 Å². The number of aromatic nitrogens is 2. The van der Waals surface area contributed by atoms with Crippen molar-refractivity contribution in [3.8, 4) is 5.88 Å². The molecular formula is C20H21N3O3. The van der Waals surface area contributed by atoms with Gasteiger partial charge in [-0.25, -0.2) is 4.98 Å². The van der Waals surface area contributed by atoms with Gasteiger partial charge in [0.15, 0.2) is 0 Å². The summed E-state index contributed by atoms with van der Waals surface area (Å²) in [5.41, 5.74) is 5.15. The topological polar surface area (TPSA) is 77.2 Å². The van der Waals surface area contributed by atoms with Crippen molar-refractivity contribution in [1.82, 2.24) is 10.1 Å². The predicted molar refractivity (Wildman–Crippen MR) is 98.4 cm³/mol. The van der Waals surface area contributed by atoms with Gasteiger partial charge in [0.25, 0.3) is 5.91 Å². The maximum atomic E-state index is 12.4. The second-order valence-electron chi connectivity index (χ2n) is 6.18. The van der Waals surface area contributed by atoms with Crippen molar-refractivity contribution in [2.45, 2.75) is 34.3 Å². The van der Waals surface area contributed by atoms with Crippen LogP contribution in [0.15, 0.2) is 41.1 Å². The van der Waals surface area contributed by atoms with E-state index in [1.165, 1.54) is 6.20 Å². The van der Waals surface area contributed by atoms with Crippen LogP contribution in [0.2, 0.25) is 0 Å². The zero-order chi connectivity index (χ0) is 18.7. The van der Waals surface area contributed by atoms with Crippen LogP contribution >= 0.6 is 0 Å². The predicted octanol–water partition coefficient (Wildman–Crippen LogP) is 4.13. The molecule has 0 saturated heterocycles. The molecule has 1 amide bonds. The van der Waals surface area contributed by atoms with Gasteiger partial charge in [-0.2, -0.15) is 0 Å². The first-order valence-electron chi connectivity index (χ1n) is 8.34. The molecule has 6 heteroatoms. The molecule has 1 N–H and O–H groups in total. The summed E-state index contributed by atoms with van der Waals surface area (Å²) in [4.78, 5) is 16.6. The highest BCUT2D eigenvalue weighted by Gasteiger charge is 2.12. The summed E-state index contributed by atoms with van der Waals surface area (Å²) < 4.78 is 10.8. The third-order valence-electron chi connectivity index (χ3n) is 4.40. The number of pyridine rings is 1. The van der Waals surface area contributed by atoms with Gasteiger partial charge in [0.05, 0.1) is 16.8 Å². The Balaban J connectivity index is 1.65. The lowest BCUT2D eigenvalue weighted by molar-refractivity contribution is 0.102. The fourth-order valence-corrected chi connectivity index (χ4v) is 2.54. The number of carbonyl (C=O) groups excluding carboxylic acids is 1. The molecule has 6 nitrogen and oxygen atoms in total. The van der Waals surface area contributed by atoms with E-state index in [0.717, 1.165) is 33.8 Å². The molecule has 0 spiro atoms. The van der Waals surface area contributed by atoms with Gasteiger partial charge in [0, 0.05) is 18.0 Å². The van der Waals surface area contributed by atoms with Crippen LogP contribution in [0.1, 0.15) is 38.5 Å². The maximum absolute atomic E-state index is 12.4. The van der Waals surface area contributed by atoms with Crippen molar-refractivity contribution >= 4 is 11.6 Å². The standard InChI is InChI=1S/C20H21N3O3/c1-12-6-5-7-18(13(12)2)22-20(24)16-8-9-19(21-10-16)25-11-17-14(3)23-26-15(17)4/h5-10H,11H2,1-4H3,(H,22,24). The van der Waals surface area contributed by atoms with Crippen LogP contribution in [-0.2, 0) is 6.61 Å². The summed E-state index contributed by atoms with van der Waals surface area (Å²) in [5, 5.41) is 6.81. The fraction of sp³-hybridized carbons (Fsp3) is 0.250. The van der Waals surface area contributed by atoms with Crippen LogP contribution in [-0.4, -0.2) is 16.0 Å². The summed E-state index contributed by atoms with van der Waals surface area (Å²) in [5.74, 6) is 0.962. The SMILES string of the molecule is Cc1cccc(NC(=O)c2ccc(OCc3c(C)noc3C)nc2)c1C. The first kappa shape index (κ1) is 17.7. The first-order valence-corrected chi connectivity index (χ1v) is 8.34. The quantitative estimate of drug-likeness (QED) is 0.748. The number of nitrogens with one attached hydrogen (secondary N) is 1. The van der Waals surface area contributed by atoms with Crippen molar-refractivity contribution in [2.75, 3.05) is 5.32 Å². The Labute approximate surface area is 152 Å². The molecule has 0 bridgehead atoms. The highest BCUT2D eigenvalue weighted by atomic mass is 16.5. The van der Waals surface area contributed by atoms with Gasteiger partial charge < -0.3 is 14.6 Å². The number of ether oxygens (including phenoxy) is 1. The zero-order valence-corrected chi connectivity index (χ0v) is 15.3. The van der Waals surface area contributed by atoms with Crippen molar-refractivity contribution in [2.24, 2.45) is 0 Å². The summed E-state index contributed by atoms with van der Waals surface area (Å²) in [6, 6.07) is 9.18. The number of nitrogens with zero attached hydrogens (tertiary/aromatic N) is 2. The molecular weight excluding hydrogens is 330 g/mol. The second-order valence-corrected chi connectivity index (χ2v) is 6.18. The Hall–Kier alpha value is -3.15. The minimum absolute atomic E-state index is 0.205. The number of rotatable bonds is 5. The molecule has 3 rings (SSSR count). The molecule has 3 aromatic rings. The molecule has 2 aromatic heterocycles. The smallest absolute Gasteiger partial charge is 0.257 e. The van der Waals surface area contributed by atoms with Crippen molar-refractivity contribution in [1.29, 1.82) is 0 Å². The average molecular weight is 351 g/mol. The van der Waals surface area contributed by atoms with Crippen molar-refractivity contribution in [3.05, 3.63) is 70.2 Å². The molecule has 0 aliphatic rings.